The third-order valence-corrected chi connectivity index (χ3v) is 5.31. The second kappa shape index (κ2) is 6.02. The highest BCUT2D eigenvalue weighted by molar-refractivity contribution is 5.79. The van der Waals surface area contributed by atoms with E-state index in [1.165, 1.54) is 45.1 Å². The summed E-state index contributed by atoms with van der Waals surface area (Å²) in [5.41, 5.74) is 0.452. The summed E-state index contributed by atoms with van der Waals surface area (Å²) >= 11 is 0. The van der Waals surface area contributed by atoms with Gasteiger partial charge in [-0.2, -0.15) is 0 Å². The molecule has 0 aromatic rings. The van der Waals surface area contributed by atoms with Gasteiger partial charge in [0, 0.05) is 25.7 Å². The molecule has 4 nitrogen and oxygen atoms in total. The fraction of sp³-hybridized carbons (Fsp3) is 0.938. The van der Waals surface area contributed by atoms with Gasteiger partial charge in [0.25, 0.3) is 0 Å². The molecule has 3 fully saturated rings. The SMILES string of the molecule is CCN(C(=O)CN1CCCC2(CCCNC2)C1)C1CC1. The Hall–Kier alpha value is -0.610. The van der Waals surface area contributed by atoms with E-state index in [0.29, 0.717) is 23.9 Å². The molecule has 2 saturated heterocycles. The first-order chi connectivity index (χ1) is 9.72. The molecule has 1 unspecified atom stereocenters. The molecule has 2 heterocycles. The van der Waals surface area contributed by atoms with Crippen molar-refractivity contribution in [2.75, 3.05) is 39.3 Å². The molecule has 3 rings (SSSR count). The van der Waals surface area contributed by atoms with Gasteiger partial charge < -0.3 is 10.2 Å². The van der Waals surface area contributed by atoms with E-state index in [4.69, 9.17) is 0 Å². The minimum Gasteiger partial charge on any atom is -0.339 e. The van der Waals surface area contributed by atoms with Crippen LogP contribution in [0, 0.1) is 5.41 Å². The molecule has 1 saturated carbocycles. The maximum atomic E-state index is 12.5. The van der Waals surface area contributed by atoms with Gasteiger partial charge in [0.2, 0.25) is 5.91 Å². The van der Waals surface area contributed by atoms with Crippen molar-refractivity contribution in [1.29, 1.82) is 0 Å². The Morgan fingerprint density at radius 3 is 2.80 bits per heavy atom. The molecular formula is C16H29N3O. The van der Waals surface area contributed by atoms with Crippen molar-refractivity contribution in [3.8, 4) is 0 Å². The fourth-order valence-electron chi connectivity index (χ4n) is 4.13. The average molecular weight is 279 g/mol. The summed E-state index contributed by atoms with van der Waals surface area (Å²) in [5.74, 6) is 0.357. The number of likely N-dealkylation sites (N-methyl/N-ethyl adjacent to an activating group) is 1. The van der Waals surface area contributed by atoms with Gasteiger partial charge in [-0.25, -0.2) is 0 Å². The number of amides is 1. The lowest BCUT2D eigenvalue weighted by molar-refractivity contribution is -0.133. The highest BCUT2D eigenvalue weighted by atomic mass is 16.2. The summed E-state index contributed by atoms with van der Waals surface area (Å²) in [5, 5.41) is 3.56. The third kappa shape index (κ3) is 3.17. The largest absolute Gasteiger partial charge is 0.339 e. The number of hydrogen-bond acceptors (Lipinski definition) is 3. The zero-order chi connectivity index (χ0) is 14.0. The van der Waals surface area contributed by atoms with Gasteiger partial charge in [0.05, 0.1) is 6.54 Å². The Labute approximate surface area is 122 Å². The Kier molecular flexibility index (Phi) is 4.32. The first-order valence-corrected chi connectivity index (χ1v) is 8.45. The Balaban J connectivity index is 1.55. The number of hydrogen-bond donors (Lipinski definition) is 1. The standard InChI is InChI=1S/C16H29N3O/c1-2-19(14-5-6-14)15(20)11-18-10-4-8-16(13-18)7-3-9-17-12-16/h14,17H,2-13H2,1H3. The van der Waals surface area contributed by atoms with Crippen LogP contribution in [0.2, 0.25) is 0 Å². The number of rotatable bonds is 4. The van der Waals surface area contributed by atoms with Crippen molar-refractivity contribution in [3.63, 3.8) is 0 Å². The van der Waals surface area contributed by atoms with E-state index in [1.807, 2.05) is 0 Å². The van der Waals surface area contributed by atoms with Crippen LogP contribution in [0.25, 0.3) is 0 Å². The monoisotopic (exact) mass is 279 g/mol. The minimum atomic E-state index is 0.357. The quantitative estimate of drug-likeness (QED) is 0.846. The summed E-state index contributed by atoms with van der Waals surface area (Å²) in [6, 6.07) is 0.558. The lowest BCUT2D eigenvalue weighted by Gasteiger charge is -2.45. The minimum absolute atomic E-state index is 0.357. The van der Waals surface area contributed by atoms with E-state index < -0.39 is 0 Å². The molecule has 0 aromatic carbocycles. The molecular weight excluding hydrogens is 250 g/mol. The van der Waals surface area contributed by atoms with E-state index in [9.17, 15) is 4.79 Å². The fourth-order valence-corrected chi connectivity index (χ4v) is 4.13. The second-order valence-corrected chi connectivity index (χ2v) is 7.01. The van der Waals surface area contributed by atoms with Crippen molar-refractivity contribution < 1.29 is 4.79 Å². The predicted octanol–water partition coefficient (Wildman–Crippen LogP) is 1.46. The summed E-state index contributed by atoms with van der Waals surface area (Å²) < 4.78 is 0. The number of nitrogens with zero attached hydrogens (tertiary/aromatic N) is 2. The first-order valence-electron chi connectivity index (χ1n) is 8.45. The lowest BCUT2D eigenvalue weighted by atomic mass is 9.74. The molecule has 1 spiro atoms. The molecule has 0 radical (unpaired) electrons. The molecule has 20 heavy (non-hydrogen) atoms. The molecule has 0 aromatic heterocycles. The van der Waals surface area contributed by atoms with E-state index >= 15 is 0 Å². The summed E-state index contributed by atoms with van der Waals surface area (Å²) in [7, 11) is 0. The van der Waals surface area contributed by atoms with Crippen molar-refractivity contribution >= 4 is 5.91 Å². The van der Waals surface area contributed by atoms with Gasteiger partial charge in [0.15, 0.2) is 0 Å². The van der Waals surface area contributed by atoms with Gasteiger partial charge in [-0.15, -0.1) is 0 Å². The summed E-state index contributed by atoms with van der Waals surface area (Å²) in [6.45, 7) is 8.18. The highest BCUT2D eigenvalue weighted by Gasteiger charge is 2.38. The van der Waals surface area contributed by atoms with Gasteiger partial charge in [-0.1, -0.05) is 0 Å². The average Bonchev–Trinajstić information content (AvgIpc) is 3.25. The molecule has 1 aliphatic carbocycles. The van der Waals surface area contributed by atoms with Crippen LogP contribution >= 0.6 is 0 Å². The molecule has 114 valence electrons. The van der Waals surface area contributed by atoms with Crippen LogP contribution in [0.3, 0.4) is 0 Å². The number of piperidine rings is 2. The topological polar surface area (TPSA) is 35.6 Å². The maximum Gasteiger partial charge on any atom is 0.236 e. The summed E-state index contributed by atoms with van der Waals surface area (Å²) in [4.78, 5) is 17.0. The van der Waals surface area contributed by atoms with E-state index in [2.05, 4.69) is 22.0 Å². The zero-order valence-electron chi connectivity index (χ0n) is 12.9. The van der Waals surface area contributed by atoms with Crippen molar-refractivity contribution in [1.82, 2.24) is 15.1 Å². The Bertz CT molecular complexity index is 342. The van der Waals surface area contributed by atoms with Crippen LogP contribution in [-0.2, 0) is 4.79 Å². The molecule has 0 bridgehead atoms. The second-order valence-electron chi connectivity index (χ2n) is 7.01. The van der Waals surface area contributed by atoms with Crippen LogP contribution in [0.1, 0.15) is 45.4 Å². The van der Waals surface area contributed by atoms with Crippen molar-refractivity contribution in [2.45, 2.75) is 51.5 Å². The normalized spacial score (nSPS) is 31.4. The van der Waals surface area contributed by atoms with Gasteiger partial charge in [0.1, 0.15) is 0 Å². The smallest absolute Gasteiger partial charge is 0.236 e. The van der Waals surface area contributed by atoms with E-state index in [0.717, 1.165) is 26.2 Å². The Morgan fingerprint density at radius 1 is 1.35 bits per heavy atom. The highest BCUT2D eigenvalue weighted by Crippen LogP contribution is 2.36. The molecule has 1 amide bonds. The third-order valence-electron chi connectivity index (χ3n) is 5.31. The lowest BCUT2D eigenvalue weighted by Crippen LogP contribution is -2.53. The van der Waals surface area contributed by atoms with Crippen LogP contribution in [-0.4, -0.2) is 61.0 Å². The van der Waals surface area contributed by atoms with Crippen molar-refractivity contribution in [2.24, 2.45) is 5.41 Å². The molecule has 4 heteroatoms. The van der Waals surface area contributed by atoms with E-state index in [-0.39, 0.29) is 0 Å². The molecule has 1 N–H and O–H groups in total. The van der Waals surface area contributed by atoms with Gasteiger partial charge >= 0.3 is 0 Å². The molecule has 2 aliphatic heterocycles. The van der Waals surface area contributed by atoms with E-state index in [1.54, 1.807) is 0 Å². The summed E-state index contributed by atoms with van der Waals surface area (Å²) in [6.07, 6.45) is 7.66. The Morgan fingerprint density at radius 2 is 2.15 bits per heavy atom. The van der Waals surface area contributed by atoms with Gasteiger partial charge in [-0.3, -0.25) is 9.69 Å². The maximum absolute atomic E-state index is 12.5. The van der Waals surface area contributed by atoms with Crippen LogP contribution in [0.15, 0.2) is 0 Å². The zero-order valence-corrected chi connectivity index (χ0v) is 12.9. The molecule has 3 aliphatic rings. The van der Waals surface area contributed by atoms with Crippen LogP contribution in [0.5, 0.6) is 0 Å². The number of likely N-dealkylation sites (tertiary alicyclic amines) is 1. The number of nitrogens with one attached hydrogen (secondary N) is 1. The molecule has 1 atom stereocenters. The van der Waals surface area contributed by atoms with Crippen LogP contribution < -0.4 is 5.32 Å². The number of carbonyl (C=O) groups excluding carboxylic acids is 1. The number of carbonyl (C=O) groups is 1. The van der Waals surface area contributed by atoms with Crippen molar-refractivity contribution in [3.05, 3.63) is 0 Å². The first kappa shape index (κ1) is 14.3. The predicted molar refractivity (Wildman–Crippen MR) is 80.6 cm³/mol. The van der Waals surface area contributed by atoms with Gasteiger partial charge in [-0.05, 0) is 64.0 Å². The van der Waals surface area contributed by atoms with Crippen LogP contribution in [0.4, 0.5) is 0 Å².